The molecule has 8 heteroatoms. The summed E-state index contributed by atoms with van der Waals surface area (Å²) in [5.74, 6) is 0.789. The molecule has 0 bridgehead atoms. The summed E-state index contributed by atoms with van der Waals surface area (Å²) < 4.78 is 21.0. The highest BCUT2D eigenvalue weighted by atomic mass is 16.6. The molecule has 3 rings (SSSR count). The van der Waals surface area contributed by atoms with Gasteiger partial charge in [0.05, 0.1) is 0 Å². The highest BCUT2D eigenvalue weighted by molar-refractivity contribution is 5.94. The van der Waals surface area contributed by atoms with Gasteiger partial charge in [-0.3, -0.25) is 4.79 Å². The van der Waals surface area contributed by atoms with Crippen molar-refractivity contribution in [2.45, 2.75) is 26.6 Å². The number of nitrogens with zero attached hydrogens (tertiary/aromatic N) is 1. The fourth-order valence-electron chi connectivity index (χ4n) is 2.45. The zero-order chi connectivity index (χ0) is 21.3. The van der Waals surface area contributed by atoms with Crippen LogP contribution >= 0.6 is 0 Å². The topological polar surface area (TPSA) is 99.9 Å². The number of rotatable bonds is 9. The van der Waals surface area contributed by atoms with Gasteiger partial charge < -0.3 is 24.1 Å². The predicted molar refractivity (Wildman–Crippen MR) is 108 cm³/mol. The Hall–Kier alpha value is -3.81. The second kappa shape index (κ2) is 10.1. The molecule has 0 saturated carbocycles. The predicted octanol–water partition coefficient (Wildman–Crippen LogP) is 3.51. The summed E-state index contributed by atoms with van der Waals surface area (Å²) in [5.41, 5.74) is 1.07. The molecule has 2 aromatic carbocycles. The Balaban J connectivity index is 1.40. The normalized spacial score (nSPS) is 11.4. The van der Waals surface area contributed by atoms with Gasteiger partial charge in [-0.1, -0.05) is 35.5 Å². The van der Waals surface area contributed by atoms with Crippen molar-refractivity contribution in [2.75, 3.05) is 11.9 Å². The highest BCUT2D eigenvalue weighted by Gasteiger charge is 2.19. The fraction of sp³-hybridized carbons (Fsp3) is 0.227. The van der Waals surface area contributed by atoms with E-state index in [0.717, 1.165) is 5.56 Å². The van der Waals surface area contributed by atoms with Crippen LogP contribution in [0.5, 0.6) is 11.5 Å². The van der Waals surface area contributed by atoms with Gasteiger partial charge in [-0.25, -0.2) is 4.79 Å². The third kappa shape index (κ3) is 6.37. The van der Waals surface area contributed by atoms with E-state index in [4.69, 9.17) is 18.7 Å². The maximum absolute atomic E-state index is 12.0. The van der Waals surface area contributed by atoms with E-state index in [1.165, 1.54) is 6.92 Å². The second-order valence-corrected chi connectivity index (χ2v) is 6.48. The first-order valence-electron chi connectivity index (χ1n) is 9.33. The Morgan fingerprint density at radius 1 is 1.03 bits per heavy atom. The molecular formula is C22H22N2O6. The number of carbonyl (C=O) groups excluding carboxylic acids is 2. The smallest absolute Gasteiger partial charge is 0.344 e. The van der Waals surface area contributed by atoms with Crippen molar-refractivity contribution in [2.24, 2.45) is 0 Å². The summed E-state index contributed by atoms with van der Waals surface area (Å²) >= 11 is 0. The summed E-state index contributed by atoms with van der Waals surface area (Å²) in [6.07, 6.45) is -1.01. The summed E-state index contributed by atoms with van der Waals surface area (Å²) in [6, 6.07) is 18.3. The van der Waals surface area contributed by atoms with Gasteiger partial charge in [0, 0.05) is 6.07 Å². The maximum atomic E-state index is 12.0. The first-order chi connectivity index (χ1) is 14.5. The van der Waals surface area contributed by atoms with Gasteiger partial charge >= 0.3 is 5.97 Å². The average molecular weight is 410 g/mol. The molecule has 0 radical (unpaired) electrons. The number of hydrogen-bond acceptors (Lipinski definition) is 7. The third-order valence-corrected chi connectivity index (χ3v) is 3.99. The molecule has 0 aliphatic heterocycles. The standard InChI is InChI=1S/C22H22N2O6/c1-15-12-20(24-30-15)23-22(26)16(2)29-21(25)14-28-19-10-8-18(9-11-19)27-13-17-6-4-3-5-7-17/h3-12,16H,13-14H2,1-2H3,(H,23,24,26)/t16-/m1/s1. The zero-order valence-electron chi connectivity index (χ0n) is 16.7. The molecule has 8 nitrogen and oxygen atoms in total. The van der Waals surface area contributed by atoms with Crippen LogP contribution < -0.4 is 14.8 Å². The number of benzene rings is 2. The molecule has 156 valence electrons. The largest absolute Gasteiger partial charge is 0.489 e. The molecular weight excluding hydrogens is 388 g/mol. The molecule has 1 aromatic heterocycles. The quantitative estimate of drug-likeness (QED) is 0.539. The van der Waals surface area contributed by atoms with Gasteiger partial charge in [-0.15, -0.1) is 0 Å². The van der Waals surface area contributed by atoms with E-state index in [0.29, 0.717) is 23.9 Å². The van der Waals surface area contributed by atoms with E-state index in [2.05, 4.69) is 10.5 Å². The lowest BCUT2D eigenvalue weighted by Gasteiger charge is -2.13. The van der Waals surface area contributed by atoms with E-state index in [9.17, 15) is 9.59 Å². The van der Waals surface area contributed by atoms with Gasteiger partial charge in [0.25, 0.3) is 5.91 Å². The number of aromatic nitrogens is 1. The molecule has 3 aromatic rings. The molecule has 0 spiro atoms. The lowest BCUT2D eigenvalue weighted by atomic mass is 10.2. The van der Waals surface area contributed by atoms with Crippen LogP contribution in [-0.4, -0.2) is 29.7 Å². The van der Waals surface area contributed by atoms with Crippen LogP contribution in [0, 0.1) is 6.92 Å². The Morgan fingerprint density at radius 2 is 1.70 bits per heavy atom. The first kappa shape index (κ1) is 20.9. The molecule has 0 aliphatic rings. The van der Waals surface area contributed by atoms with Crippen molar-refractivity contribution in [1.29, 1.82) is 0 Å². The van der Waals surface area contributed by atoms with Crippen molar-refractivity contribution < 1.29 is 28.3 Å². The van der Waals surface area contributed by atoms with Gasteiger partial charge in [-0.2, -0.15) is 0 Å². The molecule has 30 heavy (non-hydrogen) atoms. The number of hydrogen-bond donors (Lipinski definition) is 1. The zero-order valence-corrected chi connectivity index (χ0v) is 16.7. The summed E-state index contributed by atoms with van der Waals surface area (Å²) in [6.45, 7) is 3.29. The van der Waals surface area contributed by atoms with Crippen LogP contribution in [0.15, 0.2) is 65.2 Å². The molecule has 0 unspecified atom stereocenters. The van der Waals surface area contributed by atoms with Crippen molar-refractivity contribution in [1.82, 2.24) is 5.16 Å². The van der Waals surface area contributed by atoms with Gasteiger partial charge in [0.2, 0.25) is 0 Å². The lowest BCUT2D eigenvalue weighted by Crippen LogP contribution is -2.31. The monoisotopic (exact) mass is 410 g/mol. The molecule has 1 atom stereocenters. The highest BCUT2D eigenvalue weighted by Crippen LogP contribution is 2.19. The molecule has 0 saturated heterocycles. The Morgan fingerprint density at radius 3 is 2.33 bits per heavy atom. The van der Waals surface area contributed by atoms with E-state index >= 15 is 0 Å². The van der Waals surface area contributed by atoms with Crippen molar-refractivity contribution in [3.63, 3.8) is 0 Å². The number of esters is 1. The number of anilines is 1. The van der Waals surface area contributed by atoms with Gasteiger partial charge in [0.15, 0.2) is 18.5 Å². The van der Waals surface area contributed by atoms with Crippen LogP contribution in [0.1, 0.15) is 18.2 Å². The van der Waals surface area contributed by atoms with Gasteiger partial charge in [0.1, 0.15) is 23.9 Å². The number of carbonyl (C=O) groups is 2. The minimum Gasteiger partial charge on any atom is -0.489 e. The van der Waals surface area contributed by atoms with Crippen molar-refractivity contribution in [3.8, 4) is 11.5 Å². The Bertz CT molecular complexity index is 969. The molecule has 1 heterocycles. The maximum Gasteiger partial charge on any atom is 0.344 e. The van der Waals surface area contributed by atoms with E-state index < -0.39 is 18.0 Å². The molecule has 1 amide bonds. The third-order valence-electron chi connectivity index (χ3n) is 3.99. The number of nitrogens with one attached hydrogen (secondary N) is 1. The van der Waals surface area contributed by atoms with Gasteiger partial charge in [-0.05, 0) is 43.7 Å². The van der Waals surface area contributed by atoms with E-state index in [-0.39, 0.29) is 12.4 Å². The SMILES string of the molecule is Cc1cc(NC(=O)[C@@H](C)OC(=O)COc2ccc(OCc3ccccc3)cc2)no1. The Labute approximate surface area is 173 Å². The van der Waals surface area contributed by atoms with Crippen LogP contribution in [0.25, 0.3) is 0 Å². The lowest BCUT2D eigenvalue weighted by molar-refractivity contribution is -0.155. The van der Waals surface area contributed by atoms with Crippen molar-refractivity contribution >= 4 is 17.7 Å². The van der Waals surface area contributed by atoms with Crippen LogP contribution in [0.4, 0.5) is 5.82 Å². The molecule has 0 aliphatic carbocycles. The van der Waals surface area contributed by atoms with E-state index in [1.54, 1.807) is 37.3 Å². The van der Waals surface area contributed by atoms with Crippen molar-refractivity contribution in [3.05, 3.63) is 72.0 Å². The molecule has 1 N–H and O–H groups in total. The fourth-order valence-corrected chi connectivity index (χ4v) is 2.45. The number of aryl methyl sites for hydroxylation is 1. The average Bonchev–Trinajstić information content (AvgIpc) is 3.16. The summed E-state index contributed by atoms with van der Waals surface area (Å²) in [7, 11) is 0. The first-order valence-corrected chi connectivity index (χ1v) is 9.33. The van der Waals surface area contributed by atoms with Crippen LogP contribution in [0.3, 0.4) is 0 Å². The summed E-state index contributed by atoms with van der Waals surface area (Å²) in [5, 5.41) is 6.14. The molecule has 0 fully saturated rings. The minimum absolute atomic E-state index is 0.256. The second-order valence-electron chi connectivity index (χ2n) is 6.48. The van der Waals surface area contributed by atoms with Crippen LogP contribution in [0.2, 0.25) is 0 Å². The number of ether oxygens (including phenoxy) is 3. The minimum atomic E-state index is -1.01. The number of amides is 1. The Kier molecular flexibility index (Phi) is 7.05. The van der Waals surface area contributed by atoms with E-state index in [1.807, 2.05) is 30.3 Å². The van der Waals surface area contributed by atoms with Crippen LogP contribution in [-0.2, 0) is 20.9 Å². The summed E-state index contributed by atoms with van der Waals surface area (Å²) in [4.78, 5) is 23.9.